The molecule has 7 heteroatoms. The highest BCUT2D eigenvalue weighted by molar-refractivity contribution is 5.91. The second kappa shape index (κ2) is 9.80. The van der Waals surface area contributed by atoms with Gasteiger partial charge in [0, 0.05) is 24.8 Å². The molecule has 32 heavy (non-hydrogen) atoms. The number of carbonyl (C=O) groups excluding carboxylic acids is 1. The van der Waals surface area contributed by atoms with Crippen LogP contribution in [0.2, 0.25) is 0 Å². The van der Waals surface area contributed by atoms with Gasteiger partial charge in [0.05, 0.1) is 18.8 Å². The quantitative estimate of drug-likeness (QED) is 0.492. The van der Waals surface area contributed by atoms with Crippen LogP contribution in [0.25, 0.3) is 11.1 Å². The predicted molar refractivity (Wildman–Crippen MR) is 122 cm³/mol. The molecule has 1 aromatic heterocycles. The Morgan fingerprint density at radius 2 is 2.09 bits per heavy atom. The standard InChI is InChI=1S/C25H27N3O4/c1-31-25(30)19-4-2-3-16(12-19)17-6-9-23-18(11-17)5-8-21(32-23)14-27-15-22(29)20-7-10-24(26)28-13-20/h2-4,6-7,9-13,21-22,27,29H,5,8,14-15H2,1H3,(H2,26,28)/t21-,22+/m1/s1. The molecule has 4 N–H and O–H groups in total. The topological polar surface area (TPSA) is 107 Å². The molecule has 166 valence electrons. The largest absolute Gasteiger partial charge is 0.489 e. The number of fused-ring (bicyclic) bond motifs is 1. The summed E-state index contributed by atoms with van der Waals surface area (Å²) in [4.78, 5) is 15.8. The normalized spacial score (nSPS) is 16.0. The maximum Gasteiger partial charge on any atom is 0.337 e. The first kappa shape index (κ1) is 21.8. The van der Waals surface area contributed by atoms with Crippen LogP contribution in [0.15, 0.2) is 60.8 Å². The van der Waals surface area contributed by atoms with Gasteiger partial charge in [-0.25, -0.2) is 9.78 Å². The molecule has 0 fully saturated rings. The number of ether oxygens (including phenoxy) is 2. The summed E-state index contributed by atoms with van der Waals surface area (Å²) in [5, 5.41) is 13.6. The van der Waals surface area contributed by atoms with Gasteiger partial charge in [0.25, 0.3) is 0 Å². The fourth-order valence-electron chi connectivity index (χ4n) is 3.82. The van der Waals surface area contributed by atoms with Crippen molar-refractivity contribution in [1.29, 1.82) is 0 Å². The van der Waals surface area contributed by atoms with Crippen LogP contribution >= 0.6 is 0 Å². The zero-order chi connectivity index (χ0) is 22.5. The van der Waals surface area contributed by atoms with Crippen molar-refractivity contribution in [3.8, 4) is 16.9 Å². The summed E-state index contributed by atoms with van der Waals surface area (Å²) in [6.45, 7) is 1.05. The van der Waals surface area contributed by atoms with E-state index in [2.05, 4.69) is 16.4 Å². The molecule has 1 aliphatic heterocycles. The first-order valence-electron chi connectivity index (χ1n) is 10.6. The Labute approximate surface area is 187 Å². The maximum atomic E-state index is 11.8. The van der Waals surface area contributed by atoms with E-state index in [1.807, 2.05) is 30.3 Å². The van der Waals surface area contributed by atoms with E-state index >= 15 is 0 Å². The van der Waals surface area contributed by atoms with E-state index in [1.54, 1.807) is 24.4 Å². The molecule has 0 saturated heterocycles. The number of aromatic nitrogens is 1. The number of aryl methyl sites for hydroxylation is 1. The van der Waals surface area contributed by atoms with Crippen LogP contribution in [0.4, 0.5) is 5.82 Å². The highest BCUT2D eigenvalue weighted by Crippen LogP contribution is 2.32. The second-order valence-electron chi connectivity index (χ2n) is 7.86. The molecule has 4 rings (SSSR count). The molecule has 2 heterocycles. The summed E-state index contributed by atoms with van der Waals surface area (Å²) in [5.74, 6) is 0.961. The van der Waals surface area contributed by atoms with Crippen LogP contribution in [-0.4, -0.2) is 42.4 Å². The third kappa shape index (κ3) is 5.07. The number of rotatable bonds is 7. The smallest absolute Gasteiger partial charge is 0.337 e. The van der Waals surface area contributed by atoms with Gasteiger partial charge in [0.2, 0.25) is 0 Å². The Hall–Kier alpha value is -3.42. The zero-order valence-electron chi connectivity index (χ0n) is 18.0. The summed E-state index contributed by atoms with van der Waals surface area (Å²) in [6.07, 6.45) is 2.75. The van der Waals surface area contributed by atoms with Crippen molar-refractivity contribution in [3.05, 3.63) is 77.5 Å². The minimum atomic E-state index is -0.651. The summed E-state index contributed by atoms with van der Waals surface area (Å²) in [5.41, 5.74) is 9.99. The molecule has 0 aliphatic carbocycles. The highest BCUT2D eigenvalue weighted by atomic mass is 16.5. The summed E-state index contributed by atoms with van der Waals surface area (Å²) in [7, 11) is 1.38. The Balaban J connectivity index is 1.35. The number of nitrogens with zero attached hydrogens (tertiary/aromatic N) is 1. The fourth-order valence-corrected chi connectivity index (χ4v) is 3.82. The zero-order valence-corrected chi connectivity index (χ0v) is 18.0. The Morgan fingerprint density at radius 3 is 2.88 bits per heavy atom. The number of anilines is 1. The van der Waals surface area contributed by atoms with Gasteiger partial charge < -0.3 is 25.6 Å². The van der Waals surface area contributed by atoms with Gasteiger partial charge in [-0.2, -0.15) is 0 Å². The van der Waals surface area contributed by atoms with Gasteiger partial charge in [-0.3, -0.25) is 0 Å². The van der Waals surface area contributed by atoms with Crippen molar-refractivity contribution in [2.45, 2.75) is 25.0 Å². The summed E-state index contributed by atoms with van der Waals surface area (Å²) >= 11 is 0. The monoisotopic (exact) mass is 433 g/mol. The third-order valence-electron chi connectivity index (χ3n) is 5.61. The van der Waals surface area contributed by atoms with Crippen molar-refractivity contribution in [2.24, 2.45) is 0 Å². The van der Waals surface area contributed by atoms with E-state index in [9.17, 15) is 9.90 Å². The number of hydrogen-bond donors (Lipinski definition) is 3. The minimum Gasteiger partial charge on any atom is -0.489 e. The van der Waals surface area contributed by atoms with E-state index in [0.29, 0.717) is 24.5 Å². The minimum absolute atomic E-state index is 0.0349. The Morgan fingerprint density at radius 1 is 1.25 bits per heavy atom. The van der Waals surface area contributed by atoms with E-state index < -0.39 is 6.10 Å². The lowest BCUT2D eigenvalue weighted by Crippen LogP contribution is -2.36. The number of aliphatic hydroxyl groups excluding tert-OH is 1. The first-order valence-corrected chi connectivity index (χ1v) is 10.6. The van der Waals surface area contributed by atoms with E-state index in [4.69, 9.17) is 15.2 Å². The van der Waals surface area contributed by atoms with Crippen LogP contribution < -0.4 is 15.8 Å². The molecule has 0 saturated carbocycles. The van der Waals surface area contributed by atoms with Gasteiger partial charge in [-0.05, 0) is 59.9 Å². The van der Waals surface area contributed by atoms with Gasteiger partial charge in [-0.1, -0.05) is 24.3 Å². The van der Waals surface area contributed by atoms with Gasteiger partial charge >= 0.3 is 5.97 Å². The van der Waals surface area contributed by atoms with Gasteiger partial charge in [0.1, 0.15) is 17.7 Å². The van der Waals surface area contributed by atoms with Crippen LogP contribution in [-0.2, 0) is 11.2 Å². The SMILES string of the molecule is COC(=O)c1cccc(-c2ccc3c(c2)CC[C@H](CNC[C@H](O)c2ccc(N)nc2)O3)c1. The Kier molecular flexibility index (Phi) is 6.68. The number of esters is 1. The number of benzene rings is 2. The average Bonchev–Trinajstić information content (AvgIpc) is 2.83. The van der Waals surface area contributed by atoms with Crippen molar-refractivity contribution >= 4 is 11.8 Å². The molecule has 0 amide bonds. The molecule has 0 bridgehead atoms. The van der Waals surface area contributed by atoms with Crippen molar-refractivity contribution < 1.29 is 19.4 Å². The Bertz CT molecular complexity index is 1080. The summed E-state index contributed by atoms with van der Waals surface area (Å²) in [6, 6.07) is 17.0. The van der Waals surface area contributed by atoms with Crippen molar-refractivity contribution in [3.63, 3.8) is 0 Å². The average molecular weight is 434 g/mol. The first-order chi connectivity index (χ1) is 15.5. The molecular formula is C25H27N3O4. The molecule has 0 unspecified atom stereocenters. The number of pyridine rings is 1. The van der Waals surface area contributed by atoms with E-state index in [0.717, 1.165) is 40.8 Å². The molecule has 1 aliphatic rings. The lowest BCUT2D eigenvalue weighted by Gasteiger charge is -2.27. The summed E-state index contributed by atoms with van der Waals surface area (Å²) < 4.78 is 11.0. The fraction of sp³-hybridized carbons (Fsp3) is 0.280. The molecule has 2 atom stereocenters. The van der Waals surface area contributed by atoms with E-state index in [-0.39, 0.29) is 12.1 Å². The lowest BCUT2D eigenvalue weighted by molar-refractivity contribution is 0.0600. The molecule has 0 spiro atoms. The number of nitrogens with one attached hydrogen (secondary N) is 1. The number of nitrogen functional groups attached to an aromatic ring is 1. The molecule has 0 radical (unpaired) electrons. The predicted octanol–water partition coefficient (Wildman–Crippen LogP) is 3.13. The van der Waals surface area contributed by atoms with Gasteiger partial charge in [0.15, 0.2) is 0 Å². The van der Waals surface area contributed by atoms with Crippen LogP contribution in [0.5, 0.6) is 5.75 Å². The molecular weight excluding hydrogens is 406 g/mol. The van der Waals surface area contributed by atoms with Crippen molar-refractivity contribution in [2.75, 3.05) is 25.9 Å². The van der Waals surface area contributed by atoms with E-state index in [1.165, 1.54) is 7.11 Å². The number of methoxy groups -OCH3 is 1. The number of nitrogens with two attached hydrogens (primary N) is 1. The molecule has 3 aromatic rings. The number of carbonyl (C=O) groups is 1. The number of hydrogen-bond acceptors (Lipinski definition) is 7. The van der Waals surface area contributed by atoms with Crippen molar-refractivity contribution in [1.82, 2.24) is 10.3 Å². The molecule has 2 aromatic carbocycles. The maximum absolute atomic E-state index is 11.8. The van der Waals surface area contributed by atoms with Crippen LogP contribution in [0, 0.1) is 0 Å². The van der Waals surface area contributed by atoms with Gasteiger partial charge in [-0.15, -0.1) is 0 Å². The second-order valence-corrected chi connectivity index (χ2v) is 7.86. The third-order valence-corrected chi connectivity index (χ3v) is 5.61. The van der Waals surface area contributed by atoms with Crippen LogP contribution in [0.1, 0.15) is 34.0 Å². The lowest BCUT2D eigenvalue weighted by atomic mass is 9.96. The molecule has 7 nitrogen and oxygen atoms in total. The van der Waals surface area contributed by atoms with Crippen LogP contribution in [0.3, 0.4) is 0 Å². The number of aliphatic hydroxyl groups is 1. The highest BCUT2D eigenvalue weighted by Gasteiger charge is 2.21.